The van der Waals surface area contributed by atoms with Crippen molar-refractivity contribution in [1.82, 2.24) is 0 Å². The molecule has 0 saturated carbocycles. The van der Waals surface area contributed by atoms with Crippen LogP contribution in [0.1, 0.15) is 0 Å². The molecule has 0 spiro atoms. The Morgan fingerprint density at radius 3 is 2.65 bits per heavy atom. The molecule has 0 bridgehead atoms. The second kappa shape index (κ2) is 6.23. The van der Waals surface area contributed by atoms with Crippen LogP contribution in [0.25, 0.3) is 0 Å². The van der Waals surface area contributed by atoms with Gasteiger partial charge in [-0.2, -0.15) is 0 Å². The lowest BCUT2D eigenvalue weighted by molar-refractivity contribution is 0.200. The molecule has 0 amide bonds. The first-order valence-electron chi connectivity index (χ1n) is 5.11. The minimum atomic E-state index is -3.23. The summed E-state index contributed by atoms with van der Waals surface area (Å²) in [5.74, 6) is 0. The summed E-state index contributed by atoms with van der Waals surface area (Å²) >= 11 is 5.96. The molecular weight excluding hydrogens is 262 g/mol. The molecule has 0 saturated heterocycles. The Labute approximate surface area is 107 Å². The average molecular weight is 278 g/mol. The molecular formula is C11H16ClNO3S. The van der Waals surface area contributed by atoms with Crippen molar-refractivity contribution in [3.05, 3.63) is 24.3 Å². The molecule has 0 aliphatic carbocycles. The predicted octanol–water partition coefficient (Wildman–Crippen LogP) is 1.76. The minimum Gasteiger partial charge on any atom is -0.383 e. The van der Waals surface area contributed by atoms with Gasteiger partial charge in [0.25, 0.3) is 0 Å². The van der Waals surface area contributed by atoms with Gasteiger partial charge < -0.3 is 10.1 Å². The first-order chi connectivity index (χ1) is 7.95. The van der Waals surface area contributed by atoms with Crippen LogP contribution in [0.3, 0.4) is 0 Å². The summed E-state index contributed by atoms with van der Waals surface area (Å²) in [6.45, 7) is 0.859. The van der Waals surface area contributed by atoms with Gasteiger partial charge in [-0.25, -0.2) is 8.42 Å². The van der Waals surface area contributed by atoms with Crippen molar-refractivity contribution in [1.29, 1.82) is 0 Å². The van der Waals surface area contributed by atoms with Gasteiger partial charge in [0.1, 0.15) is 0 Å². The van der Waals surface area contributed by atoms with Crippen LogP contribution in [-0.2, 0) is 14.6 Å². The van der Waals surface area contributed by atoms with Gasteiger partial charge >= 0.3 is 0 Å². The van der Waals surface area contributed by atoms with Crippen LogP contribution in [0.5, 0.6) is 0 Å². The standard InChI is InChI=1S/C11H16ClNO3S/c1-16-8-9(12)7-13-10-5-3-4-6-11(10)17(2,14)15/h3-6,9,13H,7-8H2,1-2H3. The maximum Gasteiger partial charge on any atom is 0.177 e. The quantitative estimate of drug-likeness (QED) is 0.805. The smallest absolute Gasteiger partial charge is 0.177 e. The van der Waals surface area contributed by atoms with Gasteiger partial charge in [0.05, 0.1) is 22.6 Å². The van der Waals surface area contributed by atoms with Crippen LogP contribution in [0.15, 0.2) is 29.2 Å². The third kappa shape index (κ3) is 4.53. The Bertz CT molecular complexity index is 462. The third-order valence-electron chi connectivity index (χ3n) is 2.15. The van der Waals surface area contributed by atoms with Crippen LogP contribution in [0.4, 0.5) is 5.69 Å². The Hall–Kier alpha value is -0.780. The molecule has 6 heteroatoms. The number of sulfone groups is 1. The van der Waals surface area contributed by atoms with Crippen LogP contribution in [0.2, 0.25) is 0 Å². The highest BCUT2D eigenvalue weighted by atomic mass is 35.5. The van der Waals surface area contributed by atoms with Crippen LogP contribution in [0, 0.1) is 0 Å². The summed E-state index contributed by atoms with van der Waals surface area (Å²) in [7, 11) is -1.66. The monoisotopic (exact) mass is 277 g/mol. The SMILES string of the molecule is COCC(Cl)CNc1ccccc1S(C)(=O)=O. The summed E-state index contributed by atoms with van der Waals surface area (Å²) in [5.41, 5.74) is 0.566. The zero-order chi connectivity index (χ0) is 12.9. The van der Waals surface area contributed by atoms with Gasteiger partial charge in [0, 0.05) is 19.9 Å². The van der Waals surface area contributed by atoms with Crippen LogP contribution >= 0.6 is 11.6 Å². The second-order valence-electron chi connectivity index (χ2n) is 3.70. The first-order valence-corrected chi connectivity index (χ1v) is 7.44. The van der Waals surface area contributed by atoms with Crippen molar-refractivity contribution in [3.63, 3.8) is 0 Å². The predicted molar refractivity (Wildman–Crippen MR) is 69.6 cm³/mol. The number of rotatable bonds is 6. The number of anilines is 1. The largest absolute Gasteiger partial charge is 0.383 e. The lowest BCUT2D eigenvalue weighted by Gasteiger charge is -2.13. The summed E-state index contributed by atoms with van der Waals surface area (Å²) < 4.78 is 28.0. The van der Waals surface area contributed by atoms with E-state index in [9.17, 15) is 8.42 Å². The van der Waals surface area contributed by atoms with Gasteiger partial charge in [-0.15, -0.1) is 11.6 Å². The number of ether oxygens (including phenoxy) is 1. The third-order valence-corrected chi connectivity index (χ3v) is 3.58. The van der Waals surface area contributed by atoms with Gasteiger partial charge in [-0.05, 0) is 12.1 Å². The average Bonchev–Trinajstić information content (AvgIpc) is 2.26. The van der Waals surface area contributed by atoms with E-state index in [1.165, 1.54) is 6.26 Å². The summed E-state index contributed by atoms with van der Waals surface area (Å²) in [5, 5.41) is 2.81. The lowest BCUT2D eigenvalue weighted by atomic mass is 10.3. The van der Waals surface area contributed by atoms with E-state index in [2.05, 4.69) is 5.32 Å². The second-order valence-corrected chi connectivity index (χ2v) is 6.30. The van der Waals surface area contributed by atoms with E-state index in [1.54, 1.807) is 31.4 Å². The molecule has 0 heterocycles. The molecule has 1 aromatic rings. The molecule has 1 N–H and O–H groups in total. The number of methoxy groups -OCH3 is 1. The van der Waals surface area contributed by atoms with Crippen molar-refractivity contribution in [2.45, 2.75) is 10.3 Å². The van der Waals surface area contributed by atoms with Crippen molar-refractivity contribution >= 4 is 27.1 Å². The normalized spacial score (nSPS) is 13.4. The van der Waals surface area contributed by atoms with Gasteiger partial charge in [0.2, 0.25) is 0 Å². The van der Waals surface area contributed by atoms with E-state index in [1.807, 2.05) is 0 Å². The maximum absolute atomic E-state index is 11.5. The Kier molecular flexibility index (Phi) is 5.24. The Balaban J connectivity index is 2.78. The van der Waals surface area contributed by atoms with Gasteiger partial charge in [-0.1, -0.05) is 12.1 Å². The van der Waals surface area contributed by atoms with Crippen molar-refractivity contribution in [2.24, 2.45) is 0 Å². The fourth-order valence-electron chi connectivity index (χ4n) is 1.40. The number of halogens is 1. The summed E-state index contributed by atoms with van der Waals surface area (Å²) in [6, 6.07) is 6.75. The Morgan fingerprint density at radius 2 is 2.06 bits per heavy atom. The van der Waals surface area contributed by atoms with Crippen molar-refractivity contribution < 1.29 is 13.2 Å². The zero-order valence-corrected chi connectivity index (χ0v) is 11.4. The highest BCUT2D eigenvalue weighted by Crippen LogP contribution is 2.20. The number of alkyl halides is 1. The minimum absolute atomic E-state index is 0.201. The fraction of sp³-hybridized carbons (Fsp3) is 0.455. The Morgan fingerprint density at radius 1 is 1.41 bits per heavy atom. The molecule has 0 radical (unpaired) electrons. The van der Waals surface area contributed by atoms with Crippen LogP contribution in [-0.4, -0.2) is 40.3 Å². The molecule has 96 valence electrons. The van der Waals surface area contributed by atoms with E-state index in [0.717, 1.165) is 0 Å². The molecule has 0 aliphatic heterocycles. The number of benzene rings is 1. The molecule has 1 rings (SSSR count). The molecule has 0 fully saturated rings. The topological polar surface area (TPSA) is 55.4 Å². The summed E-state index contributed by atoms with van der Waals surface area (Å²) in [6.07, 6.45) is 1.18. The van der Waals surface area contributed by atoms with Crippen molar-refractivity contribution in [2.75, 3.05) is 31.8 Å². The first kappa shape index (κ1) is 14.3. The highest BCUT2D eigenvalue weighted by Gasteiger charge is 2.13. The van der Waals surface area contributed by atoms with Gasteiger partial charge in [-0.3, -0.25) is 0 Å². The highest BCUT2D eigenvalue weighted by molar-refractivity contribution is 7.90. The molecule has 4 nitrogen and oxygen atoms in total. The lowest BCUT2D eigenvalue weighted by Crippen LogP contribution is -2.20. The van der Waals surface area contributed by atoms with E-state index in [4.69, 9.17) is 16.3 Å². The molecule has 1 atom stereocenters. The number of para-hydroxylation sites is 1. The maximum atomic E-state index is 11.5. The zero-order valence-electron chi connectivity index (χ0n) is 9.81. The molecule has 0 aliphatic rings. The van der Waals surface area contributed by atoms with E-state index >= 15 is 0 Å². The fourth-order valence-corrected chi connectivity index (χ4v) is 2.47. The van der Waals surface area contributed by atoms with Crippen LogP contribution < -0.4 is 5.32 Å². The molecule has 0 aromatic heterocycles. The number of hydrogen-bond donors (Lipinski definition) is 1. The van der Waals surface area contributed by atoms with E-state index < -0.39 is 9.84 Å². The molecule has 17 heavy (non-hydrogen) atoms. The number of hydrogen-bond acceptors (Lipinski definition) is 4. The van der Waals surface area contributed by atoms with Crippen molar-refractivity contribution in [3.8, 4) is 0 Å². The molecule has 1 unspecified atom stereocenters. The summed E-state index contributed by atoms with van der Waals surface area (Å²) in [4.78, 5) is 0.279. The molecule has 1 aromatic carbocycles. The number of nitrogens with one attached hydrogen (secondary N) is 1. The van der Waals surface area contributed by atoms with Gasteiger partial charge in [0.15, 0.2) is 9.84 Å². The van der Waals surface area contributed by atoms with E-state index in [0.29, 0.717) is 18.8 Å². The van der Waals surface area contributed by atoms with E-state index in [-0.39, 0.29) is 10.3 Å².